The highest BCUT2D eigenvalue weighted by atomic mass is 16.5. The third-order valence-electron chi connectivity index (χ3n) is 3.53. The molecule has 0 aliphatic heterocycles. The van der Waals surface area contributed by atoms with E-state index >= 15 is 0 Å². The maximum atomic E-state index is 11.9. The average Bonchev–Trinajstić information content (AvgIpc) is 2.35. The Kier molecular flexibility index (Phi) is 6.41. The van der Waals surface area contributed by atoms with E-state index in [1.165, 1.54) is 7.11 Å². The molecule has 0 aromatic carbocycles. The molecule has 8 nitrogen and oxygen atoms in total. The number of aliphatic carboxylic acids is 1. The molecular weight excluding hydrogens is 278 g/mol. The summed E-state index contributed by atoms with van der Waals surface area (Å²) in [4.78, 5) is 34.4. The third kappa shape index (κ3) is 5.58. The van der Waals surface area contributed by atoms with Crippen molar-refractivity contribution in [2.24, 2.45) is 0 Å². The second kappa shape index (κ2) is 7.82. The SMILES string of the molecule is COCCNC(=O)C(C)NC(=O)NC1(CC(=O)O)CCC1. The van der Waals surface area contributed by atoms with Gasteiger partial charge in [-0.1, -0.05) is 0 Å². The predicted molar refractivity (Wildman–Crippen MR) is 74.8 cm³/mol. The Bertz CT molecular complexity index is 395. The molecule has 0 heterocycles. The Hall–Kier alpha value is -1.83. The third-order valence-corrected chi connectivity index (χ3v) is 3.53. The number of ether oxygens (including phenoxy) is 1. The van der Waals surface area contributed by atoms with Crippen molar-refractivity contribution in [3.8, 4) is 0 Å². The molecule has 4 N–H and O–H groups in total. The molecule has 8 heteroatoms. The first kappa shape index (κ1) is 17.2. The van der Waals surface area contributed by atoms with Crippen LogP contribution in [0.25, 0.3) is 0 Å². The highest BCUT2D eigenvalue weighted by molar-refractivity contribution is 5.87. The Morgan fingerprint density at radius 2 is 2.00 bits per heavy atom. The zero-order chi connectivity index (χ0) is 15.9. The van der Waals surface area contributed by atoms with Gasteiger partial charge in [-0.2, -0.15) is 0 Å². The van der Waals surface area contributed by atoms with Crippen molar-refractivity contribution in [2.45, 2.75) is 44.2 Å². The van der Waals surface area contributed by atoms with E-state index < -0.39 is 23.6 Å². The normalized spacial score (nSPS) is 17.2. The van der Waals surface area contributed by atoms with Crippen LogP contribution >= 0.6 is 0 Å². The van der Waals surface area contributed by atoms with Crippen molar-refractivity contribution in [3.05, 3.63) is 0 Å². The lowest BCUT2D eigenvalue weighted by molar-refractivity contribution is -0.139. The number of methoxy groups -OCH3 is 1. The summed E-state index contributed by atoms with van der Waals surface area (Å²) in [5.41, 5.74) is -0.678. The zero-order valence-electron chi connectivity index (χ0n) is 12.4. The van der Waals surface area contributed by atoms with E-state index in [0.29, 0.717) is 26.0 Å². The van der Waals surface area contributed by atoms with Gasteiger partial charge in [-0.05, 0) is 26.2 Å². The topological polar surface area (TPSA) is 117 Å². The maximum Gasteiger partial charge on any atom is 0.315 e. The molecule has 0 saturated heterocycles. The number of carboxylic acid groups (broad SMARTS) is 1. The van der Waals surface area contributed by atoms with Crippen LogP contribution in [0.3, 0.4) is 0 Å². The van der Waals surface area contributed by atoms with Crippen LogP contribution in [-0.4, -0.2) is 54.9 Å². The minimum Gasteiger partial charge on any atom is -0.481 e. The van der Waals surface area contributed by atoms with Crippen LogP contribution in [0.15, 0.2) is 0 Å². The Morgan fingerprint density at radius 1 is 1.33 bits per heavy atom. The van der Waals surface area contributed by atoms with Gasteiger partial charge in [-0.15, -0.1) is 0 Å². The first-order chi connectivity index (χ1) is 9.88. The summed E-state index contributed by atoms with van der Waals surface area (Å²) in [6, 6.07) is -1.23. The van der Waals surface area contributed by atoms with Crippen molar-refractivity contribution in [1.82, 2.24) is 16.0 Å². The van der Waals surface area contributed by atoms with E-state index in [-0.39, 0.29) is 12.3 Å². The Morgan fingerprint density at radius 3 is 2.48 bits per heavy atom. The van der Waals surface area contributed by atoms with Crippen LogP contribution in [0.4, 0.5) is 4.79 Å². The summed E-state index contributed by atoms with van der Waals surface area (Å²) in [6.07, 6.45) is 2.07. The summed E-state index contributed by atoms with van der Waals surface area (Å²) >= 11 is 0. The Labute approximate surface area is 123 Å². The molecule has 0 radical (unpaired) electrons. The van der Waals surface area contributed by atoms with Gasteiger partial charge in [0.2, 0.25) is 5.91 Å². The molecule has 1 aliphatic rings. The summed E-state index contributed by atoms with van der Waals surface area (Å²) in [7, 11) is 1.53. The molecule has 0 bridgehead atoms. The van der Waals surface area contributed by atoms with Crippen LogP contribution in [-0.2, 0) is 14.3 Å². The van der Waals surface area contributed by atoms with Gasteiger partial charge >= 0.3 is 12.0 Å². The molecule has 1 saturated carbocycles. The molecule has 1 aliphatic carbocycles. The lowest BCUT2D eigenvalue weighted by Crippen LogP contribution is -2.59. The van der Waals surface area contributed by atoms with Crippen molar-refractivity contribution in [3.63, 3.8) is 0 Å². The minimum atomic E-state index is -0.944. The standard InChI is InChI=1S/C13H23N3O5/c1-9(11(19)14-6-7-21-2)15-12(20)16-13(4-3-5-13)8-10(17)18/h9H,3-8H2,1-2H3,(H,14,19)(H,17,18)(H2,15,16,20). The van der Waals surface area contributed by atoms with Crippen LogP contribution < -0.4 is 16.0 Å². The highest BCUT2D eigenvalue weighted by Crippen LogP contribution is 2.34. The number of amides is 3. The second-order valence-corrected chi connectivity index (χ2v) is 5.31. The van der Waals surface area contributed by atoms with Crippen molar-refractivity contribution in [1.29, 1.82) is 0 Å². The lowest BCUT2D eigenvalue weighted by atomic mass is 9.74. The number of carboxylic acids is 1. The molecule has 120 valence electrons. The monoisotopic (exact) mass is 301 g/mol. The quantitative estimate of drug-likeness (QED) is 0.465. The van der Waals surface area contributed by atoms with Gasteiger partial charge in [-0.25, -0.2) is 4.79 Å². The molecule has 3 amide bonds. The summed E-state index contributed by atoms with van der Waals surface area (Å²) in [6.45, 7) is 2.32. The number of nitrogens with one attached hydrogen (secondary N) is 3. The number of hydrogen-bond acceptors (Lipinski definition) is 4. The van der Waals surface area contributed by atoms with Gasteiger partial charge in [0.05, 0.1) is 18.6 Å². The molecule has 0 spiro atoms. The smallest absolute Gasteiger partial charge is 0.315 e. The van der Waals surface area contributed by atoms with Crippen LogP contribution in [0.2, 0.25) is 0 Å². The van der Waals surface area contributed by atoms with Gasteiger partial charge in [0.15, 0.2) is 0 Å². The summed E-state index contributed by atoms with van der Waals surface area (Å²) in [5, 5.41) is 16.7. The predicted octanol–water partition coefficient (Wildman–Crippen LogP) is -0.166. The first-order valence-electron chi connectivity index (χ1n) is 6.96. The molecule has 1 atom stereocenters. The van der Waals surface area contributed by atoms with E-state index in [9.17, 15) is 14.4 Å². The Balaban J connectivity index is 2.38. The van der Waals surface area contributed by atoms with E-state index in [4.69, 9.17) is 9.84 Å². The number of urea groups is 1. The number of rotatable bonds is 8. The van der Waals surface area contributed by atoms with E-state index in [0.717, 1.165) is 6.42 Å². The molecule has 1 fully saturated rings. The average molecular weight is 301 g/mol. The molecule has 0 aromatic heterocycles. The van der Waals surface area contributed by atoms with Crippen LogP contribution in [0.1, 0.15) is 32.6 Å². The fourth-order valence-corrected chi connectivity index (χ4v) is 2.21. The van der Waals surface area contributed by atoms with Gasteiger partial charge in [0, 0.05) is 13.7 Å². The zero-order valence-corrected chi connectivity index (χ0v) is 12.4. The van der Waals surface area contributed by atoms with Gasteiger partial charge in [0.1, 0.15) is 6.04 Å². The summed E-state index contributed by atoms with van der Waals surface area (Å²) < 4.78 is 4.81. The minimum absolute atomic E-state index is 0.102. The molecule has 1 unspecified atom stereocenters. The van der Waals surface area contributed by atoms with Crippen LogP contribution in [0.5, 0.6) is 0 Å². The highest BCUT2D eigenvalue weighted by Gasteiger charge is 2.40. The van der Waals surface area contributed by atoms with Crippen LogP contribution in [0, 0.1) is 0 Å². The van der Waals surface area contributed by atoms with Gasteiger partial charge in [-0.3, -0.25) is 9.59 Å². The van der Waals surface area contributed by atoms with E-state index in [2.05, 4.69) is 16.0 Å². The van der Waals surface area contributed by atoms with Crippen molar-refractivity contribution < 1.29 is 24.2 Å². The van der Waals surface area contributed by atoms with Gasteiger partial charge in [0.25, 0.3) is 0 Å². The molecule has 0 aromatic rings. The first-order valence-corrected chi connectivity index (χ1v) is 6.96. The van der Waals surface area contributed by atoms with Crippen molar-refractivity contribution in [2.75, 3.05) is 20.3 Å². The second-order valence-electron chi connectivity index (χ2n) is 5.31. The van der Waals surface area contributed by atoms with Crippen molar-refractivity contribution >= 4 is 17.9 Å². The van der Waals surface area contributed by atoms with Gasteiger partial charge < -0.3 is 25.8 Å². The maximum absolute atomic E-state index is 11.9. The fourth-order valence-electron chi connectivity index (χ4n) is 2.21. The lowest BCUT2D eigenvalue weighted by Gasteiger charge is -2.41. The van der Waals surface area contributed by atoms with E-state index in [1.54, 1.807) is 6.92 Å². The number of carbonyl (C=O) groups is 3. The van der Waals surface area contributed by atoms with E-state index in [1.807, 2.05) is 0 Å². The summed E-state index contributed by atoms with van der Waals surface area (Å²) in [5.74, 6) is -1.26. The number of hydrogen-bond donors (Lipinski definition) is 4. The molecule has 1 rings (SSSR count). The number of carbonyl (C=O) groups excluding carboxylic acids is 2. The fraction of sp³-hybridized carbons (Fsp3) is 0.769. The molecular formula is C13H23N3O5. The molecule has 21 heavy (non-hydrogen) atoms. The largest absolute Gasteiger partial charge is 0.481 e.